The summed E-state index contributed by atoms with van der Waals surface area (Å²) in [5.74, 6) is -0.455. The Morgan fingerprint density at radius 1 is 1.43 bits per heavy atom. The third kappa shape index (κ3) is 22.5. The zero-order chi connectivity index (χ0) is 11.8. The topological polar surface area (TPSA) is 121 Å². The van der Waals surface area contributed by atoms with Crippen LogP contribution in [0.25, 0.3) is 0 Å². The molecule has 0 aromatic heterocycles. The van der Waals surface area contributed by atoms with Gasteiger partial charge in [0.1, 0.15) is 6.61 Å². The van der Waals surface area contributed by atoms with Gasteiger partial charge in [0.2, 0.25) is 0 Å². The lowest BCUT2D eigenvalue weighted by atomic mass is 10.4. The van der Waals surface area contributed by atoms with Crippen LogP contribution in [0.15, 0.2) is 12.2 Å². The molecule has 7 nitrogen and oxygen atoms in total. The van der Waals surface area contributed by atoms with Crippen LogP contribution >= 0.6 is 0 Å². The fraction of sp³-hybridized carbons (Fsp3) is 0.500. The lowest BCUT2D eigenvalue weighted by Gasteiger charge is -1.99. The number of hydrogen-bond acceptors (Lipinski definition) is 5. The molecule has 3 N–H and O–H groups in total. The van der Waals surface area contributed by atoms with E-state index in [9.17, 15) is 4.79 Å². The first-order valence-electron chi connectivity index (χ1n) is 3.32. The van der Waals surface area contributed by atoms with Gasteiger partial charge >= 0.3 is 16.4 Å². The van der Waals surface area contributed by atoms with Crippen molar-refractivity contribution in [2.24, 2.45) is 0 Å². The lowest BCUT2D eigenvalue weighted by molar-refractivity contribution is -0.139. The summed E-state index contributed by atoms with van der Waals surface area (Å²) in [7, 11) is -4.67. The maximum absolute atomic E-state index is 10.5. The number of hydrogen-bond donors (Lipinski definition) is 3. The first-order chi connectivity index (χ1) is 6.18. The van der Waals surface area contributed by atoms with Gasteiger partial charge in [-0.15, -0.1) is 0 Å². The van der Waals surface area contributed by atoms with Gasteiger partial charge in [-0.05, 0) is 6.92 Å². The standard InChI is InChI=1S/C6H10O3.H2O4S/c1-5(2)6(8)9-4-3-7;1-5(2,3)4/h7H,1,3-4H2,2H3;(H2,1,2,3,4). The van der Waals surface area contributed by atoms with Gasteiger partial charge in [-0.2, -0.15) is 8.42 Å². The van der Waals surface area contributed by atoms with Gasteiger partial charge in [0.25, 0.3) is 0 Å². The fourth-order valence-electron chi connectivity index (χ4n) is 0.262. The molecule has 0 aliphatic carbocycles. The molecule has 0 aliphatic heterocycles. The number of ether oxygens (including phenoxy) is 1. The highest BCUT2D eigenvalue weighted by molar-refractivity contribution is 7.79. The molecule has 0 spiro atoms. The minimum atomic E-state index is -4.67. The van der Waals surface area contributed by atoms with E-state index in [0.29, 0.717) is 5.57 Å². The van der Waals surface area contributed by atoms with Crippen LogP contribution in [0.1, 0.15) is 6.92 Å². The zero-order valence-electron chi connectivity index (χ0n) is 7.50. The summed E-state index contributed by atoms with van der Waals surface area (Å²) < 4.78 is 36.0. The molecule has 0 radical (unpaired) electrons. The summed E-state index contributed by atoms with van der Waals surface area (Å²) in [6, 6.07) is 0. The molecule has 0 fully saturated rings. The highest BCUT2D eigenvalue weighted by Crippen LogP contribution is 1.89. The van der Waals surface area contributed by atoms with Crippen LogP contribution in [0.4, 0.5) is 0 Å². The number of aliphatic hydroxyl groups excluding tert-OH is 1. The zero-order valence-corrected chi connectivity index (χ0v) is 8.32. The minimum Gasteiger partial charge on any atom is -0.460 e. The van der Waals surface area contributed by atoms with E-state index in [1.807, 2.05) is 0 Å². The molecular formula is C6H12O7S. The van der Waals surface area contributed by atoms with Crippen LogP contribution in [0, 0.1) is 0 Å². The molecule has 0 amide bonds. The molecular weight excluding hydrogens is 216 g/mol. The van der Waals surface area contributed by atoms with Gasteiger partial charge < -0.3 is 9.84 Å². The summed E-state index contributed by atoms with van der Waals surface area (Å²) >= 11 is 0. The monoisotopic (exact) mass is 228 g/mol. The molecule has 0 rings (SSSR count). The molecule has 0 aromatic carbocycles. The molecule has 0 bridgehead atoms. The van der Waals surface area contributed by atoms with Crippen molar-refractivity contribution in [3.8, 4) is 0 Å². The van der Waals surface area contributed by atoms with Crippen molar-refractivity contribution in [3.63, 3.8) is 0 Å². The van der Waals surface area contributed by atoms with E-state index < -0.39 is 16.4 Å². The van der Waals surface area contributed by atoms with Crippen molar-refractivity contribution in [1.82, 2.24) is 0 Å². The second kappa shape index (κ2) is 7.44. The summed E-state index contributed by atoms with van der Waals surface area (Å²) in [4.78, 5) is 10.5. The van der Waals surface area contributed by atoms with Gasteiger partial charge in [0.05, 0.1) is 6.61 Å². The average molecular weight is 228 g/mol. The predicted molar refractivity (Wildman–Crippen MR) is 47.0 cm³/mol. The van der Waals surface area contributed by atoms with Gasteiger partial charge in [-0.1, -0.05) is 6.58 Å². The van der Waals surface area contributed by atoms with Crippen LogP contribution < -0.4 is 0 Å². The van der Waals surface area contributed by atoms with Gasteiger partial charge in [0.15, 0.2) is 0 Å². The first kappa shape index (κ1) is 15.5. The summed E-state index contributed by atoms with van der Waals surface area (Å²) in [6.07, 6.45) is 0. The second-order valence-electron chi connectivity index (χ2n) is 2.09. The van der Waals surface area contributed by atoms with E-state index >= 15 is 0 Å². The van der Waals surface area contributed by atoms with E-state index in [1.165, 1.54) is 0 Å². The molecule has 8 heteroatoms. The van der Waals surface area contributed by atoms with Crippen LogP contribution in [0.3, 0.4) is 0 Å². The molecule has 0 saturated heterocycles. The van der Waals surface area contributed by atoms with Crippen molar-refractivity contribution >= 4 is 16.4 Å². The summed E-state index contributed by atoms with van der Waals surface area (Å²) in [5.41, 5.74) is 0.350. The molecule has 0 aliphatic rings. The van der Waals surface area contributed by atoms with Crippen LogP contribution in [-0.4, -0.2) is 41.8 Å². The van der Waals surface area contributed by atoms with Crippen molar-refractivity contribution in [2.45, 2.75) is 6.92 Å². The van der Waals surface area contributed by atoms with Gasteiger partial charge in [0, 0.05) is 5.57 Å². The molecule has 0 atom stereocenters. The van der Waals surface area contributed by atoms with E-state index in [-0.39, 0.29) is 13.2 Å². The Kier molecular flexibility index (Phi) is 8.25. The van der Waals surface area contributed by atoms with E-state index in [2.05, 4.69) is 11.3 Å². The Hall–Kier alpha value is -0.960. The predicted octanol–water partition coefficient (Wildman–Crippen LogP) is -0.555. The van der Waals surface area contributed by atoms with Gasteiger partial charge in [-0.25, -0.2) is 4.79 Å². The van der Waals surface area contributed by atoms with Gasteiger partial charge in [-0.3, -0.25) is 9.11 Å². The Bertz CT molecular complexity index is 271. The first-order valence-corrected chi connectivity index (χ1v) is 4.71. The average Bonchev–Trinajstić information content (AvgIpc) is 1.96. The molecule has 0 heterocycles. The Balaban J connectivity index is 0. The number of carbonyl (C=O) groups excluding carboxylic acids is 1. The Labute approximate surface area is 81.6 Å². The third-order valence-electron chi connectivity index (χ3n) is 0.673. The maximum atomic E-state index is 10.5. The van der Waals surface area contributed by atoms with E-state index in [4.69, 9.17) is 22.6 Å². The number of aliphatic hydroxyl groups is 1. The maximum Gasteiger partial charge on any atom is 0.394 e. The Morgan fingerprint density at radius 2 is 1.79 bits per heavy atom. The number of carbonyl (C=O) groups is 1. The van der Waals surface area contributed by atoms with Crippen molar-refractivity contribution in [1.29, 1.82) is 0 Å². The van der Waals surface area contributed by atoms with E-state index in [0.717, 1.165) is 0 Å². The van der Waals surface area contributed by atoms with Crippen molar-refractivity contribution in [2.75, 3.05) is 13.2 Å². The van der Waals surface area contributed by atoms with Crippen molar-refractivity contribution in [3.05, 3.63) is 12.2 Å². The second-order valence-corrected chi connectivity index (χ2v) is 2.98. The largest absolute Gasteiger partial charge is 0.460 e. The van der Waals surface area contributed by atoms with Crippen LogP contribution in [0.5, 0.6) is 0 Å². The Morgan fingerprint density at radius 3 is 2.00 bits per heavy atom. The van der Waals surface area contributed by atoms with E-state index in [1.54, 1.807) is 6.92 Å². The highest BCUT2D eigenvalue weighted by atomic mass is 32.3. The quantitative estimate of drug-likeness (QED) is 0.336. The fourth-order valence-corrected chi connectivity index (χ4v) is 0.262. The normalized spacial score (nSPS) is 9.71. The smallest absolute Gasteiger partial charge is 0.394 e. The summed E-state index contributed by atoms with van der Waals surface area (Å²) in [5, 5.41) is 8.19. The molecule has 0 aromatic rings. The SMILES string of the molecule is C=C(C)C(=O)OCCO.O=S(=O)(O)O. The van der Waals surface area contributed by atoms with Crippen LogP contribution in [0.2, 0.25) is 0 Å². The third-order valence-corrected chi connectivity index (χ3v) is 0.673. The number of rotatable bonds is 3. The highest BCUT2D eigenvalue weighted by Gasteiger charge is 1.99. The van der Waals surface area contributed by atoms with Crippen LogP contribution in [-0.2, 0) is 19.9 Å². The molecule has 84 valence electrons. The molecule has 0 saturated carbocycles. The molecule has 14 heavy (non-hydrogen) atoms. The number of esters is 1. The minimum absolute atomic E-state index is 0.0473. The molecule has 0 unspecified atom stereocenters. The van der Waals surface area contributed by atoms with Crippen molar-refractivity contribution < 1.29 is 32.2 Å². The lowest BCUT2D eigenvalue weighted by Crippen LogP contribution is -2.08. The summed E-state index contributed by atoms with van der Waals surface area (Å²) in [6.45, 7) is 4.81.